The second-order valence-electron chi connectivity index (χ2n) is 5.74. The molecule has 0 aliphatic carbocycles. The van der Waals surface area contributed by atoms with Crippen LogP contribution in [0.1, 0.15) is 0 Å². The molecule has 0 saturated heterocycles. The Morgan fingerprint density at radius 1 is 1.47 bits per heavy atom. The first-order valence-corrected chi connectivity index (χ1v) is 10.3. The van der Waals surface area contributed by atoms with Crippen LogP contribution in [-0.2, 0) is 11.5 Å². The summed E-state index contributed by atoms with van der Waals surface area (Å²) in [4.78, 5) is 11.6. The van der Waals surface area contributed by atoms with Gasteiger partial charge in [0.2, 0.25) is 0 Å². The summed E-state index contributed by atoms with van der Waals surface area (Å²) in [5, 5.41) is 7.20. The van der Waals surface area contributed by atoms with Crippen molar-refractivity contribution in [1.29, 1.82) is 0 Å². The molecule has 2 rings (SSSR count). The van der Waals surface area contributed by atoms with Gasteiger partial charge in [-0.05, 0) is 12.1 Å². The third-order valence-electron chi connectivity index (χ3n) is 2.90. The van der Waals surface area contributed by atoms with Crippen LogP contribution in [0.4, 0.5) is 0 Å². The van der Waals surface area contributed by atoms with E-state index in [-0.39, 0.29) is 5.56 Å². The zero-order chi connectivity index (χ0) is 14.0. The van der Waals surface area contributed by atoms with Crippen LogP contribution in [0.3, 0.4) is 0 Å². The molecular weight excluding hydrogens is 282 g/mol. The van der Waals surface area contributed by atoms with E-state index in [2.05, 4.69) is 29.8 Å². The average molecular weight is 300 g/mol. The molecule has 0 amide bonds. The van der Waals surface area contributed by atoms with Gasteiger partial charge in [0, 0.05) is 14.7 Å². The Balaban J connectivity index is 2.11. The average Bonchev–Trinajstić information content (AvgIpc) is 2.62. The topological polar surface area (TPSA) is 59.9 Å². The molecule has 19 heavy (non-hydrogen) atoms. The molecule has 2 aromatic heterocycles. The van der Waals surface area contributed by atoms with Gasteiger partial charge in [-0.15, -0.1) is 0 Å². The predicted octanol–water partition coefficient (Wildman–Crippen LogP) is 2.69. The third-order valence-corrected chi connectivity index (χ3v) is 4.92. The van der Waals surface area contributed by atoms with Gasteiger partial charge in [-0.1, -0.05) is 31.2 Å². The van der Waals surface area contributed by atoms with Gasteiger partial charge in [-0.3, -0.25) is 4.79 Å². The number of hydrogen-bond donors (Lipinski definition) is 1. The minimum atomic E-state index is -1.09. The lowest BCUT2D eigenvalue weighted by atomic mass is 10.4. The van der Waals surface area contributed by atoms with E-state index < -0.39 is 8.07 Å². The quantitative estimate of drug-likeness (QED) is 0.682. The molecule has 1 N–H and O–H groups in total. The number of halogens is 1. The molecule has 0 unspecified atom stereocenters. The molecule has 0 spiro atoms. The molecule has 2 aromatic rings. The van der Waals surface area contributed by atoms with Crippen molar-refractivity contribution < 1.29 is 4.74 Å². The number of rotatable bonds is 5. The minimum Gasteiger partial charge on any atom is -0.361 e. The Kier molecular flexibility index (Phi) is 4.12. The van der Waals surface area contributed by atoms with Gasteiger partial charge in [0.25, 0.3) is 5.56 Å². The zero-order valence-corrected chi connectivity index (χ0v) is 13.1. The maximum atomic E-state index is 11.6. The molecule has 0 aliphatic rings. The number of hydrogen-bond acceptors (Lipinski definition) is 3. The monoisotopic (exact) mass is 299 g/mol. The minimum absolute atomic E-state index is 0.236. The highest BCUT2D eigenvalue weighted by molar-refractivity contribution is 6.76. The lowest BCUT2D eigenvalue weighted by Gasteiger charge is -2.16. The van der Waals surface area contributed by atoms with Gasteiger partial charge in [0.15, 0.2) is 0 Å². The van der Waals surface area contributed by atoms with E-state index in [1.807, 2.05) is 0 Å². The third kappa shape index (κ3) is 3.46. The Bertz CT molecular complexity index is 630. The van der Waals surface area contributed by atoms with Crippen molar-refractivity contribution in [3.8, 4) is 0 Å². The number of ether oxygens (including phenoxy) is 1. The maximum Gasteiger partial charge on any atom is 0.273 e. The zero-order valence-electron chi connectivity index (χ0n) is 11.4. The SMILES string of the molecule is C[Si](C)(C)CCOCn1c(Cl)cc2c(=O)[nH]ncc21. The molecule has 0 atom stereocenters. The van der Waals surface area contributed by atoms with Crippen molar-refractivity contribution in [1.82, 2.24) is 14.8 Å². The van der Waals surface area contributed by atoms with Crippen molar-refractivity contribution in [2.24, 2.45) is 0 Å². The van der Waals surface area contributed by atoms with Crippen LogP contribution in [0.25, 0.3) is 10.9 Å². The first-order chi connectivity index (χ1) is 8.88. The maximum absolute atomic E-state index is 11.6. The Labute approximate surface area is 117 Å². The molecule has 0 aromatic carbocycles. The molecule has 2 heterocycles. The number of H-pyrrole nitrogens is 1. The highest BCUT2D eigenvalue weighted by atomic mass is 35.5. The van der Waals surface area contributed by atoms with Crippen molar-refractivity contribution in [2.75, 3.05) is 6.61 Å². The van der Waals surface area contributed by atoms with Crippen LogP contribution in [0.5, 0.6) is 0 Å². The van der Waals surface area contributed by atoms with E-state index in [4.69, 9.17) is 16.3 Å². The Morgan fingerprint density at radius 2 is 2.21 bits per heavy atom. The van der Waals surface area contributed by atoms with Crippen LogP contribution in [0.2, 0.25) is 30.8 Å². The number of aromatic nitrogens is 3. The van der Waals surface area contributed by atoms with E-state index in [0.29, 0.717) is 29.4 Å². The van der Waals surface area contributed by atoms with E-state index in [1.165, 1.54) is 0 Å². The summed E-state index contributed by atoms with van der Waals surface area (Å²) >= 11 is 6.12. The number of nitrogens with one attached hydrogen (secondary N) is 1. The fourth-order valence-corrected chi connectivity index (χ4v) is 2.74. The van der Waals surface area contributed by atoms with Gasteiger partial charge in [0.05, 0.1) is 17.1 Å². The molecule has 5 nitrogen and oxygen atoms in total. The molecule has 0 fully saturated rings. The van der Waals surface area contributed by atoms with Crippen molar-refractivity contribution >= 4 is 30.6 Å². The standard InChI is InChI=1S/C12H18ClN3O2Si/c1-19(2,3)5-4-18-8-16-10-7-14-15-12(17)9(10)6-11(16)13/h6-7H,4-5,8H2,1-3H3,(H,15,17). The fraction of sp³-hybridized carbons (Fsp3) is 0.500. The van der Waals surface area contributed by atoms with Gasteiger partial charge in [-0.25, -0.2) is 5.10 Å². The van der Waals surface area contributed by atoms with Crippen molar-refractivity contribution in [3.05, 3.63) is 27.8 Å². The van der Waals surface area contributed by atoms with E-state index >= 15 is 0 Å². The molecule has 0 aliphatic heterocycles. The molecule has 0 radical (unpaired) electrons. The first kappa shape index (κ1) is 14.3. The number of nitrogens with zero attached hydrogens (tertiary/aromatic N) is 2. The van der Waals surface area contributed by atoms with E-state index in [1.54, 1.807) is 16.8 Å². The second kappa shape index (κ2) is 5.48. The van der Waals surface area contributed by atoms with Crippen LogP contribution in [0.15, 0.2) is 17.1 Å². The second-order valence-corrected chi connectivity index (χ2v) is 11.7. The molecule has 0 saturated carbocycles. The van der Waals surface area contributed by atoms with Gasteiger partial charge >= 0.3 is 0 Å². The largest absolute Gasteiger partial charge is 0.361 e. The highest BCUT2D eigenvalue weighted by Gasteiger charge is 2.13. The van der Waals surface area contributed by atoms with E-state index in [9.17, 15) is 4.79 Å². The number of fused-ring (bicyclic) bond motifs is 1. The summed E-state index contributed by atoms with van der Waals surface area (Å²) < 4.78 is 7.41. The lowest BCUT2D eigenvalue weighted by Crippen LogP contribution is -2.22. The molecule has 7 heteroatoms. The van der Waals surface area contributed by atoms with Crippen LogP contribution < -0.4 is 5.56 Å². The normalized spacial score (nSPS) is 12.2. The van der Waals surface area contributed by atoms with Gasteiger partial charge in [0.1, 0.15) is 11.9 Å². The summed E-state index contributed by atoms with van der Waals surface area (Å²) in [6.45, 7) is 7.97. The summed E-state index contributed by atoms with van der Waals surface area (Å²) in [5.74, 6) is 0. The van der Waals surface area contributed by atoms with Crippen molar-refractivity contribution in [2.45, 2.75) is 32.4 Å². The van der Waals surface area contributed by atoms with Crippen LogP contribution in [-0.4, -0.2) is 29.4 Å². The van der Waals surface area contributed by atoms with E-state index in [0.717, 1.165) is 6.04 Å². The first-order valence-electron chi connectivity index (χ1n) is 6.19. The van der Waals surface area contributed by atoms with Gasteiger partial charge in [-0.2, -0.15) is 5.10 Å². The number of aromatic amines is 1. The summed E-state index contributed by atoms with van der Waals surface area (Å²) in [6.07, 6.45) is 1.59. The smallest absolute Gasteiger partial charge is 0.273 e. The van der Waals surface area contributed by atoms with Gasteiger partial charge < -0.3 is 9.30 Å². The molecule has 0 bridgehead atoms. The molecule has 104 valence electrons. The Morgan fingerprint density at radius 3 is 2.89 bits per heavy atom. The Hall–Kier alpha value is -1.11. The summed E-state index contributed by atoms with van der Waals surface area (Å²) in [6, 6.07) is 2.74. The highest BCUT2D eigenvalue weighted by Crippen LogP contribution is 2.20. The summed E-state index contributed by atoms with van der Waals surface area (Å²) in [5.41, 5.74) is 0.460. The van der Waals surface area contributed by atoms with Crippen LogP contribution in [0, 0.1) is 0 Å². The molecular formula is C12H18ClN3O2Si. The van der Waals surface area contributed by atoms with Crippen molar-refractivity contribution in [3.63, 3.8) is 0 Å². The summed E-state index contributed by atoms with van der Waals surface area (Å²) in [7, 11) is -1.09. The predicted molar refractivity (Wildman–Crippen MR) is 79.5 cm³/mol. The fourth-order valence-electron chi connectivity index (χ4n) is 1.73. The lowest BCUT2D eigenvalue weighted by molar-refractivity contribution is 0.0904. The van der Waals surface area contributed by atoms with Crippen LogP contribution >= 0.6 is 11.6 Å².